The molecule has 0 unspecified atom stereocenters. The third-order valence-electron chi connectivity index (χ3n) is 5.01. The van der Waals surface area contributed by atoms with Crippen LogP contribution >= 0.6 is 0 Å². The van der Waals surface area contributed by atoms with E-state index in [-0.39, 0.29) is 0 Å². The monoisotopic (exact) mass is 401 g/mol. The molecular formula is C27H19N3O. The van der Waals surface area contributed by atoms with Gasteiger partial charge in [0, 0.05) is 17.4 Å². The van der Waals surface area contributed by atoms with Gasteiger partial charge in [0.25, 0.3) is 0 Å². The number of nitrogens with zero attached hydrogens (tertiary/aromatic N) is 3. The lowest BCUT2D eigenvalue weighted by molar-refractivity contribution is 0.415. The molecule has 0 amide bonds. The number of fused-ring (bicyclic) bond motifs is 1. The summed E-state index contributed by atoms with van der Waals surface area (Å²) in [5, 5.41) is 0. The Balaban J connectivity index is 1.67. The Kier molecular flexibility index (Phi) is 4.92. The summed E-state index contributed by atoms with van der Waals surface area (Å²) >= 11 is 0. The number of benzene rings is 3. The first-order chi connectivity index (χ1) is 15.3. The summed E-state index contributed by atoms with van der Waals surface area (Å²) in [6, 6.07) is 29.8. The van der Waals surface area contributed by atoms with Crippen LogP contribution in [0.2, 0.25) is 0 Å². The smallest absolute Gasteiger partial charge is 0.142 e. The number of ether oxygens (including phenoxy) is 1. The lowest BCUT2D eigenvalue weighted by atomic mass is 10.1. The van der Waals surface area contributed by atoms with Gasteiger partial charge in [-0.1, -0.05) is 36.3 Å². The van der Waals surface area contributed by atoms with Crippen LogP contribution in [-0.4, -0.2) is 21.6 Å². The molecule has 4 nitrogen and oxygen atoms in total. The van der Waals surface area contributed by atoms with Crippen molar-refractivity contribution in [3.8, 4) is 34.7 Å². The van der Waals surface area contributed by atoms with Crippen LogP contribution in [0.15, 0.2) is 97.2 Å². The van der Waals surface area contributed by atoms with Crippen LogP contribution in [0.25, 0.3) is 28.1 Å². The van der Waals surface area contributed by atoms with E-state index in [2.05, 4.69) is 28.5 Å². The minimum absolute atomic E-state index is 0.644. The minimum atomic E-state index is 0.644. The average Bonchev–Trinajstić information content (AvgIpc) is 3.33. The van der Waals surface area contributed by atoms with Gasteiger partial charge in [0.1, 0.15) is 17.1 Å². The number of rotatable bonds is 3. The molecule has 0 aliphatic heterocycles. The molecule has 148 valence electrons. The zero-order valence-corrected chi connectivity index (χ0v) is 17.0. The predicted molar refractivity (Wildman–Crippen MR) is 123 cm³/mol. The Hall–Kier alpha value is -4.36. The number of hydrogen-bond donors (Lipinski definition) is 0. The second-order valence-electron chi connectivity index (χ2n) is 6.99. The van der Waals surface area contributed by atoms with E-state index in [4.69, 9.17) is 14.7 Å². The molecule has 0 spiro atoms. The van der Waals surface area contributed by atoms with Gasteiger partial charge in [-0.3, -0.25) is 0 Å². The van der Waals surface area contributed by atoms with Gasteiger partial charge in [-0.15, -0.1) is 0 Å². The maximum Gasteiger partial charge on any atom is 0.142 e. The number of hydrogen-bond acceptors (Lipinski definition) is 3. The Morgan fingerprint density at radius 2 is 1.42 bits per heavy atom. The van der Waals surface area contributed by atoms with Gasteiger partial charge < -0.3 is 9.30 Å². The van der Waals surface area contributed by atoms with Crippen LogP contribution in [0.5, 0.6) is 5.75 Å². The fourth-order valence-corrected chi connectivity index (χ4v) is 3.46. The molecule has 0 fully saturated rings. The molecule has 2 aromatic heterocycles. The van der Waals surface area contributed by atoms with Gasteiger partial charge in [-0.05, 0) is 66.6 Å². The Bertz CT molecular complexity index is 1410. The lowest BCUT2D eigenvalue weighted by Gasteiger charge is -2.11. The van der Waals surface area contributed by atoms with Crippen molar-refractivity contribution in [3.05, 3.63) is 108 Å². The zero-order valence-electron chi connectivity index (χ0n) is 17.0. The molecule has 0 bridgehead atoms. The van der Waals surface area contributed by atoms with E-state index in [0.717, 1.165) is 39.4 Å². The highest BCUT2D eigenvalue weighted by atomic mass is 16.5. The normalized spacial score (nSPS) is 10.5. The molecule has 2 heterocycles. The maximum absolute atomic E-state index is 5.23. The van der Waals surface area contributed by atoms with Crippen LogP contribution in [0.1, 0.15) is 11.3 Å². The van der Waals surface area contributed by atoms with Crippen molar-refractivity contribution < 1.29 is 4.74 Å². The molecule has 0 aliphatic carbocycles. The fourth-order valence-electron chi connectivity index (χ4n) is 3.46. The molecule has 0 saturated heterocycles. The first-order valence-electron chi connectivity index (χ1n) is 9.98. The van der Waals surface area contributed by atoms with E-state index in [0.29, 0.717) is 5.69 Å². The van der Waals surface area contributed by atoms with Crippen molar-refractivity contribution in [1.82, 2.24) is 14.5 Å². The molecule has 5 rings (SSSR count). The quantitative estimate of drug-likeness (QED) is 0.375. The number of para-hydroxylation sites is 3. The Morgan fingerprint density at radius 3 is 2.16 bits per heavy atom. The summed E-state index contributed by atoms with van der Waals surface area (Å²) in [7, 11) is 1.65. The SMILES string of the molecule is COc1ccc(C#Cc2nc3ccccc3nc2-c2cccn2-c2ccccc2)cc1. The minimum Gasteiger partial charge on any atom is -0.497 e. The molecule has 0 radical (unpaired) electrons. The maximum atomic E-state index is 5.23. The molecule has 31 heavy (non-hydrogen) atoms. The second-order valence-corrected chi connectivity index (χ2v) is 6.99. The van der Waals surface area contributed by atoms with Gasteiger partial charge in [0.15, 0.2) is 0 Å². The highest BCUT2D eigenvalue weighted by Crippen LogP contribution is 2.26. The second kappa shape index (κ2) is 8.17. The summed E-state index contributed by atoms with van der Waals surface area (Å²) in [6.45, 7) is 0. The number of aromatic nitrogens is 3. The summed E-state index contributed by atoms with van der Waals surface area (Å²) < 4.78 is 7.34. The summed E-state index contributed by atoms with van der Waals surface area (Å²) in [4.78, 5) is 9.78. The van der Waals surface area contributed by atoms with Crippen LogP contribution in [0.4, 0.5) is 0 Å². The van der Waals surface area contributed by atoms with Crippen molar-refractivity contribution in [2.75, 3.05) is 7.11 Å². The van der Waals surface area contributed by atoms with Crippen LogP contribution in [0, 0.1) is 11.8 Å². The standard InChI is InChI=1S/C27H19N3O/c1-31-22-16-13-20(14-17-22)15-18-25-27(29-24-11-6-5-10-23(24)28-25)26-12-7-19-30(26)21-8-3-2-4-9-21/h2-14,16-17,19H,1H3. The van der Waals surface area contributed by atoms with Crippen LogP contribution in [0.3, 0.4) is 0 Å². The highest BCUT2D eigenvalue weighted by molar-refractivity contribution is 5.79. The summed E-state index contributed by atoms with van der Waals surface area (Å²) in [5.41, 5.74) is 5.96. The van der Waals surface area contributed by atoms with E-state index in [1.165, 1.54) is 0 Å². The van der Waals surface area contributed by atoms with Gasteiger partial charge >= 0.3 is 0 Å². The molecule has 5 aromatic rings. The molecule has 0 N–H and O–H groups in total. The van der Waals surface area contributed by atoms with Crippen LogP contribution in [-0.2, 0) is 0 Å². The predicted octanol–water partition coefficient (Wildman–Crippen LogP) is 5.50. The van der Waals surface area contributed by atoms with E-state index >= 15 is 0 Å². The van der Waals surface area contributed by atoms with Crippen molar-refractivity contribution in [2.24, 2.45) is 0 Å². The van der Waals surface area contributed by atoms with Crippen LogP contribution < -0.4 is 4.74 Å². The van der Waals surface area contributed by atoms with Gasteiger partial charge in [-0.2, -0.15) is 0 Å². The molecular weight excluding hydrogens is 382 g/mol. The van der Waals surface area contributed by atoms with Crippen molar-refractivity contribution in [2.45, 2.75) is 0 Å². The first kappa shape index (κ1) is 18.7. The van der Waals surface area contributed by atoms with Gasteiger partial charge in [0.2, 0.25) is 0 Å². The largest absolute Gasteiger partial charge is 0.497 e. The van der Waals surface area contributed by atoms with Gasteiger partial charge in [0.05, 0.1) is 23.8 Å². The highest BCUT2D eigenvalue weighted by Gasteiger charge is 2.14. The van der Waals surface area contributed by atoms with Crippen molar-refractivity contribution in [3.63, 3.8) is 0 Å². The molecule has 0 saturated carbocycles. The average molecular weight is 401 g/mol. The van der Waals surface area contributed by atoms with Crippen molar-refractivity contribution in [1.29, 1.82) is 0 Å². The van der Waals surface area contributed by atoms with E-state index < -0.39 is 0 Å². The first-order valence-corrected chi connectivity index (χ1v) is 9.98. The fraction of sp³-hybridized carbons (Fsp3) is 0.0370. The molecule has 3 aromatic carbocycles. The topological polar surface area (TPSA) is 39.9 Å². The van der Waals surface area contributed by atoms with Crippen molar-refractivity contribution >= 4 is 11.0 Å². The lowest BCUT2D eigenvalue weighted by Crippen LogP contribution is -2.01. The molecule has 0 aliphatic rings. The third kappa shape index (κ3) is 3.77. The summed E-state index contributed by atoms with van der Waals surface area (Å²) in [5.74, 6) is 7.27. The van der Waals surface area contributed by atoms with E-state index in [1.807, 2.05) is 85.1 Å². The van der Waals surface area contributed by atoms with E-state index in [1.54, 1.807) is 7.11 Å². The number of methoxy groups -OCH3 is 1. The third-order valence-corrected chi connectivity index (χ3v) is 5.01. The zero-order chi connectivity index (χ0) is 21.0. The Morgan fingerprint density at radius 1 is 0.710 bits per heavy atom. The van der Waals surface area contributed by atoms with E-state index in [9.17, 15) is 0 Å². The molecule has 4 heteroatoms. The Labute approximate surface area is 180 Å². The molecule has 0 atom stereocenters. The van der Waals surface area contributed by atoms with Gasteiger partial charge in [-0.25, -0.2) is 9.97 Å². The summed E-state index contributed by atoms with van der Waals surface area (Å²) in [6.07, 6.45) is 2.03.